The summed E-state index contributed by atoms with van der Waals surface area (Å²) in [6.45, 7) is 5.96. The molecule has 0 bridgehead atoms. The van der Waals surface area contributed by atoms with Gasteiger partial charge in [-0.2, -0.15) is 0 Å². The SMILES string of the molecule is Cc1cc(CNCCOCCO)cc(C)c1F. The third-order valence-electron chi connectivity index (χ3n) is 2.48. The fraction of sp³-hybridized carbons (Fsp3) is 0.538. The van der Waals surface area contributed by atoms with E-state index in [2.05, 4.69) is 5.32 Å². The first-order valence-corrected chi connectivity index (χ1v) is 5.80. The predicted molar refractivity (Wildman–Crippen MR) is 65.5 cm³/mol. The molecule has 0 aliphatic heterocycles. The number of hydrogen-bond acceptors (Lipinski definition) is 3. The number of halogens is 1. The van der Waals surface area contributed by atoms with E-state index in [1.807, 2.05) is 12.1 Å². The Labute approximate surface area is 102 Å². The van der Waals surface area contributed by atoms with Crippen LogP contribution in [0.2, 0.25) is 0 Å². The normalized spacial score (nSPS) is 10.8. The molecule has 0 atom stereocenters. The summed E-state index contributed by atoms with van der Waals surface area (Å²) in [6, 6.07) is 3.70. The van der Waals surface area contributed by atoms with Crippen molar-refractivity contribution in [3.05, 3.63) is 34.6 Å². The number of hydrogen-bond donors (Lipinski definition) is 2. The smallest absolute Gasteiger partial charge is 0.129 e. The number of ether oxygens (including phenoxy) is 1. The van der Waals surface area contributed by atoms with Gasteiger partial charge in [0, 0.05) is 13.1 Å². The molecule has 0 spiro atoms. The van der Waals surface area contributed by atoms with E-state index < -0.39 is 0 Å². The fourth-order valence-corrected chi connectivity index (χ4v) is 1.68. The number of aliphatic hydroxyl groups excluding tert-OH is 1. The maximum atomic E-state index is 13.4. The third-order valence-corrected chi connectivity index (χ3v) is 2.48. The zero-order chi connectivity index (χ0) is 12.7. The van der Waals surface area contributed by atoms with Crippen LogP contribution in [0, 0.1) is 19.7 Å². The van der Waals surface area contributed by atoms with Crippen molar-refractivity contribution in [2.45, 2.75) is 20.4 Å². The summed E-state index contributed by atoms with van der Waals surface area (Å²) in [7, 11) is 0. The second-order valence-electron chi connectivity index (χ2n) is 4.06. The zero-order valence-corrected chi connectivity index (χ0v) is 10.4. The van der Waals surface area contributed by atoms with Gasteiger partial charge in [0.2, 0.25) is 0 Å². The molecule has 0 unspecified atom stereocenters. The molecular formula is C13H20FNO2. The summed E-state index contributed by atoms with van der Waals surface area (Å²) in [5.74, 6) is -0.125. The lowest BCUT2D eigenvalue weighted by Gasteiger charge is -2.08. The maximum absolute atomic E-state index is 13.4. The molecule has 17 heavy (non-hydrogen) atoms. The van der Waals surface area contributed by atoms with Crippen LogP contribution in [0.1, 0.15) is 16.7 Å². The first-order valence-electron chi connectivity index (χ1n) is 5.80. The summed E-state index contributed by atoms with van der Waals surface area (Å²) < 4.78 is 18.5. The number of benzene rings is 1. The molecule has 0 aliphatic carbocycles. The minimum Gasteiger partial charge on any atom is -0.394 e. The molecule has 0 saturated carbocycles. The van der Waals surface area contributed by atoms with Crippen LogP contribution >= 0.6 is 0 Å². The molecule has 1 rings (SSSR count). The lowest BCUT2D eigenvalue weighted by Crippen LogP contribution is -2.20. The monoisotopic (exact) mass is 241 g/mol. The quantitative estimate of drug-likeness (QED) is 0.712. The standard InChI is InChI=1S/C13H20FNO2/c1-10-7-12(8-11(2)13(10)14)9-15-3-5-17-6-4-16/h7-8,15-16H,3-6,9H2,1-2H3. The fourth-order valence-electron chi connectivity index (χ4n) is 1.68. The molecule has 1 aromatic rings. The van der Waals surface area contributed by atoms with Crippen LogP contribution in [0.15, 0.2) is 12.1 Å². The molecule has 1 aromatic carbocycles. The van der Waals surface area contributed by atoms with Crippen molar-refractivity contribution in [2.24, 2.45) is 0 Å². The highest BCUT2D eigenvalue weighted by molar-refractivity contribution is 5.30. The molecule has 0 aliphatic rings. The van der Waals surface area contributed by atoms with Crippen LogP contribution in [-0.4, -0.2) is 31.5 Å². The molecule has 0 saturated heterocycles. The Morgan fingerprint density at radius 1 is 1.24 bits per heavy atom. The van der Waals surface area contributed by atoms with Crippen LogP contribution in [0.4, 0.5) is 4.39 Å². The molecule has 4 heteroatoms. The van der Waals surface area contributed by atoms with E-state index >= 15 is 0 Å². The summed E-state index contributed by atoms with van der Waals surface area (Å²) in [4.78, 5) is 0. The number of nitrogens with one attached hydrogen (secondary N) is 1. The molecule has 2 N–H and O–H groups in total. The Kier molecular flexibility index (Phi) is 6.11. The molecule has 3 nitrogen and oxygen atoms in total. The molecule has 0 radical (unpaired) electrons. The van der Waals surface area contributed by atoms with Crippen molar-refractivity contribution in [3.63, 3.8) is 0 Å². The topological polar surface area (TPSA) is 41.5 Å². The van der Waals surface area contributed by atoms with Gasteiger partial charge in [-0.05, 0) is 30.5 Å². The predicted octanol–water partition coefficient (Wildman–Crippen LogP) is 1.54. The number of rotatable bonds is 7. The molecule has 0 aromatic heterocycles. The van der Waals surface area contributed by atoms with Gasteiger partial charge in [-0.3, -0.25) is 0 Å². The Morgan fingerprint density at radius 2 is 1.88 bits per heavy atom. The van der Waals surface area contributed by atoms with Crippen LogP contribution in [-0.2, 0) is 11.3 Å². The Morgan fingerprint density at radius 3 is 2.47 bits per heavy atom. The minimum atomic E-state index is -0.125. The zero-order valence-electron chi connectivity index (χ0n) is 10.4. The molecular weight excluding hydrogens is 221 g/mol. The third kappa shape index (κ3) is 4.81. The summed E-state index contributed by atoms with van der Waals surface area (Å²) in [6.07, 6.45) is 0. The summed E-state index contributed by atoms with van der Waals surface area (Å²) in [5, 5.41) is 11.7. The highest BCUT2D eigenvalue weighted by atomic mass is 19.1. The number of aliphatic hydroxyl groups is 1. The largest absolute Gasteiger partial charge is 0.394 e. The van der Waals surface area contributed by atoms with Gasteiger partial charge in [0.05, 0.1) is 19.8 Å². The second-order valence-corrected chi connectivity index (χ2v) is 4.06. The van der Waals surface area contributed by atoms with E-state index in [-0.39, 0.29) is 12.4 Å². The highest BCUT2D eigenvalue weighted by Gasteiger charge is 2.03. The molecule has 0 fully saturated rings. The van der Waals surface area contributed by atoms with Crippen molar-refractivity contribution < 1.29 is 14.2 Å². The van der Waals surface area contributed by atoms with Crippen LogP contribution < -0.4 is 5.32 Å². The van der Waals surface area contributed by atoms with Crippen molar-refractivity contribution >= 4 is 0 Å². The van der Waals surface area contributed by atoms with Crippen LogP contribution in [0.25, 0.3) is 0 Å². The summed E-state index contributed by atoms with van der Waals surface area (Å²) >= 11 is 0. The van der Waals surface area contributed by atoms with Crippen molar-refractivity contribution in [3.8, 4) is 0 Å². The van der Waals surface area contributed by atoms with Crippen molar-refractivity contribution in [2.75, 3.05) is 26.4 Å². The molecule has 0 amide bonds. The lowest BCUT2D eigenvalue weighted by atomic mass is 10.1. The van der Waals surface area contributed by atoms with Gasteiger partial charge in [-0.1, -0.05) is 12.1 Å². The van der Waals surface area contributed by atoms with E-state index in [4.69, 9.17) is 9.84 Å². The Bertz CT molecular complexity index is 332. The van der Waals surface area contributed by atoms with Crippen LogP contribution in [0.5, 0.6) is 0 Å². The lowest BCUT2D eigenvalue weighted by molar-refractivity contribution is 0.0938. The summed E-state index contributed by atoms with van der Waals surface area (Å²) in [5.41, 5.74) is 2.43. The Hall–Kier alpha value is -0.970. The van der Waals surface area contributed by atoms with Gasteiger partial charge in [0.15, 0.2) is 0 Å². The van der Waals surface area contributed by atoms with Gasteiger partial charge >= 0.3 is 0 Å². The van der Waals surface area contributed by atoms with Gasteiger partial charge in [-0.25, -0.2) is 4.39 Å². The van der Waals surface area contributed by atoms with Crippen LogP contribution in [0.3, 0.4) is 0 Å². The first-order chi connectivity index (χ1) is 8.15. The van der Waals surface area contributed by atoms with E-state index in [9.17, 15) is 4.39 Å². The van der Waals surface area contributed by atoms with E-state index in [0.717, 1.165) is 12.1 Å². The maximum Gasteiger partial charge on any atom is 0.129 e. The minimum absolute atomic E-state index is 0.0519. The van der Waals surface area contributed by atoms with Gasteiger partial charge in [0.1, 0.15) is 5.82 Å². The van der Waals surface area contributed by atoms with Crippen molar-refractivity contribution in [1.29, 1.82) is 0 Å². The average molecular weight is 241 g/mol. The van der Waals surface area contributed by atoms with Crippen molar-refractivity contribution in [1.82, 2.24) is 5.32 Å². The van der Waals surface area contributed by atoms with Gasteiger partial charge in [0.25, 0.3) is 0 Å². The molecule has 0 heterocycles. The number of aryl methyl sites for hydroxylation is 2. The second kappa shape index (κ2) is 7.37. The average Bonchev–Trinajstić information content (AvgIpc) is 2.30. The van der Waals surface area contributed by atoms with E-state index in [0.29, 0.717) is 30.9 Å². The Balaban J connectivity index is 2.32. The van der Waals surface area contributed by atoms with E-state index in [1.54, 1.807) is 13.8 Å². The highest BCUT2D eigenvalue weighted by Crippen LogP contribution is 2.14. The van der Waals surface area contributed by atoms with Gasteiger partial charge < -0.3 is 15.2 Å². The first kappa shape index (κ1) is 14.1. The molecule has 96 valence electrons. The van der Waals surface area contributed by atoms with Gasteiger partial charge in [-0.15, -0.1) is 0 Å². The van der Waals surface area contributed by atoms with E-state index in [1.165, 1.54) is 0 Å².